The van der Waals surface area contributed by atoms with Crippen LogP contribution in [0, 0.1) is 0 Å². The Kier molecular flexibility index (Phi) is 1.94. The van der Waals surface area contributed by atoms with E-state index in [1.54, 1.807) is 17.7 Å². The highest BCUT2D eigenvalue weighted by Gasteiger charge is 2.49. The van der Waals surface area contributed by atoms with E-state index >= 15 is 0 Å². The lowest BCUT2D eigenvalue weighted by Crippen LogP contribution is -2.33. The maximum atomic E-state index is 11.5. The lowest BCUT2D eigenvalue weighted by atomic mass is 10.2. The quantitative estimate of drug-likeness (QED) is 0.531. The van der Waals surface area contributed by atoms with Crippen LogP contribution in [0.5, 0.6) is 5.88 Å². The van der Waals surface area contributed by atoms with Crippen LogP contribution >= 0.6 is 0 Å². The zero-order valence-corrected chi connectivity index (χ0v) is 8.93. The maximum Gasteiger partial charge on any atom is 0.358 e. The van der Waals surface area contributed by atoms with Gasteiger partial charge < -0.3 is 14.2 Å². The molecule has 1 atom stereocenters. The monoisotopic (exact) mass is 224 g/mol. The van der Waals surface area contributed by atoms with E-state index in [9.17, 15) is 4.79 Å². The van der Waals surface area contributed by atoms with E-state index in [1.165, 1.54) is 0 Å². The first-order valence-electron chi connectivity index (χ1n) is 5.24. The first-order chi connectivity index (χ1) is 7.72. The fourth-order valence-electron chi connectivity index (χ4n) is 1.73. The van der Waals surface area contributed by atoms with E-state index in [0.29, 0.717) is 32.2 Å². The summed E-state index contributed by atoms with van der Waals surface area (Å²) in [6.45, 7) is 3.97. The summed E-state index contributed by atoms with van der Waals surface area (Å²) < 4.78 is 17.3. The average Bonchev–Trinajstić information content (AvgIpc) is 2.88. The normalized spacial score (nSPS) is 26.1. The molecule has 1 aromatic heterocycles. The highest BCUT2D eigenvalue weighted by molar-refractivity contribution is 5.87. The molecule has 0 amide bonds. The minimum atomic E-state index is -0.418. The molecule has 3 rings (SSSR count). The third-order valence-electron chi connectivity index (χ3n) is 2.70. The summed E-state index contributed by atoms with van der Waals surface area (Å²) in [7, 11) is 0. The van der Waals surface area contributed by atoms with Crippen LogP contribution in [0.4, 0.5) is 0 Å². The van der Waals surface area contributed by atoms with Gasteiger partial charge in [-0.25, -0.2) is 9.48 Å². The number of hydrogen-bond acceptors (Lipinski definition) is 5. The predicted molar refractivity (Wildman–Crippen MR) is 52.4 cm³/mol. The minimum Gasteiger partial charge on any atom is -0.475 e. The number of ether oxygens (including phenoxy) is 3. The molecule has 0 aliphatic carbocycles. The molecule has 2 aliphatic heterocycles. The molecule has 2 aliphatic rings. The summed E-state index contributed by atoms with van der Waals surface area (Å²) in [5.74, 6) is 0.183. The molecular formula is C10H12N2O4. The smallest absolute Gasteiger partial charge is 0.358 e. The van der Waals surface area contributed by atoms with Gasteiger partial charge in [-0.1, -0.05) is 0 Å². The molecule has 16 heavy (non-hydrogen) atoms. The Labute approximate surface area is 92.1 Å². The van der Waals surface area contributed by atoms with Crippen LogP contribution in [0.25, 0.3) is 0 Å². The van der Waals surface area contributed by atoms with E-state index in [0.717, 1.165) is 0 Å². The standard InChI is InChI=1S/C10H12N2O4/c1-2-14-9(13)7-3-8-12(11-7)4-10(5-15-8)6-16-10/h3H,2,4-6H2,1H3. The number of carbonyl (C=O) groups is 1. The van der Waals surface area contributed by atoms with Gasteiger partial charge in [-0.15, -0.1) is 0 Å². The SMILES string of the molecule is CCOC(=O)c1cc2n(n1)CC1(CO2)CO1. The molecular weight excluding hydrogens is 212 g/mol. The van der Waals surface area contributed by atoms with Gasteiger partial charge >= 0.3 is 5.97 Å². The van der Waals surface area contributed by atoms with Gasteiger partial charge in [0, 0.05) is 6.07 Å². The number of aromatic nitrogens is 2. The molecule has 0 bridgehead atoms. The van der Waals surface area contributed by atoms with Crippen LogP contribution in [0.15, 0.2) is 6.07 Å². The van der Waals surface area contributed by atoms with Crippen molar-refractivity contribution in [1.29, 1.82) is 0 Å². The van der Waals surface area contributed by atoms with Gasteiger partial charge in [-0.3, -0.25) is 0 Å². The number of hydrogen-bond donors (Lipinski definition) is 0. The summed E-state index contributed by atoms with van der Waals surface area (Å²) in [6.07, 6.45) is 0. The van der Waals surface area contributed by atoms with Crippen LogP contribution < -0.4 is 4.74 Å². The van der Waals surface area contributed by atoms with Crippen LogP contribution in [0.1, 0.15) is 17.4 Å². The Morgan fingerprint density at radius 1 is 1.69 bits per heavy atom. The van der Waals surface area contributed by atoms with Crippen molar-refractivity contribution in [3.63, 3.8) is 0 Å². The highest BCUT2D eigenvalue weighted by Crippen LogP contribution is 2.35. The number of nitrogens with zero attached hydrogens (tertiary/aromatic N) is 2. The third kappa shape index (κ3) is 1.46. The van der Waals surface area contributed by atoms with Crippen molar-refractivity contribution in [2.24, 2.45) is 0 Å². The molecule has 1 spiro atoms. The first-order valence-corrected chi connectivity index (χ1v) is 5.24. The first kappa shape index (κ1) is 9.65. The topological polar surface area (TPSA) is 65.9 Å². The fourth-order valence-corrected chi connectivity index (χ4v) is 1.73. The Morgan fingerprint density at radius 3 is 3.19 bits per heavy atom. The van der Waals surface area contributed by atoms with Gasteiger partial charge in [0.25, 0.3) is 0 Å². The Hall–Kier alpha value is -1.56. The van der Waals surface area contributed by atoms with E-state index < -0.39 is 5.97 Å². The minimum absolute atomic E-state index is 0.203. The molecule has 0 saturated carbocycles. The summed E-state index contributed by atoms with van der Waals surface area (Å²) in [5.41, 5.74) is 0.0832. The number of carbonyl (C=O) groups excluding carboxylic acids is 1. The Balaban J connectivity index is 1.83. The number of esters is 1. The molecule has 1 fully saturated rings. The molecule has 3 heterocycles. The van der Waals surface area contributed by atoms with E-state index in [-0.39, 0.29) is 11.3 Å². The Bertz CT molecular complexity index is 436. The number of fused-ring (bicyclic) bond motifs is 1. The van der Waals surface area contributed by atoms with Crippen LogP contribution in [-0.4, -0.2) is 41.2 Å². The molecule has 6 heteroatoms. The van der Waals surface area contributed by atoms with Crippen molar-refractivity contribution in [1.82, 2.24) is 9.78 Å². The fraction of sp³-hybridized carbons (Fsp3) is 0.600. The van der Waals surface area contributed by atoms with Crippen LogP contribution in [0.2, 0.25) is 0 Å². The van der Waals surface area contributed by atoms with Gasteiger partial charge in [0.2, 0.25) is 5.88 Å². The third-order valence-corrected chi connectivity index (χ3v) is 2.70. The van der Waals surface area contributed by atoms with Gasteiger partial charge in [0.05, 0.1) is 19.8 Å². The molecule has 86 valence electrons. The van der Waals surface area contributed by atoms with E-state index in [4.69, 9.17) is 14.2 Å². The van der Waals surface area contributed by atoms with Gasteiger partial charge in [-0.2, -0.15) is 5.10 Å². The zero-order chi connectivity index (χ0) is 11.2. The summed E-state index contributed by atoms with van der Waals surface area (Å²) in [5, 5.41) is 4.14. The molecule has 6 nitrogen and oxygen atoms in total. The molecule has 0 N–H and O–H groups in total. The second-order valence-corrected chi connectivity index (χ2v) is 4.01. The van der Waals surface area contributed by atoms with Gasteiger partial charge in [-0.05, 0) is 6.92 Å². The predicted octanol–water partition coefficient (Wildman–Crippen LogP) is 0.221. The maximum absolute atomic E-state index is 11.5. The highest BCUT2D eigenvalue weighted by atomic mass is 16.6. The Morgan fingerprint density at radius 2 is 2.50 bits per heavy atom. The number of rotatable bonds is 2. The average molecular weight is 224 g/mol. The van der Waals surface area contributed by atoms with Crippen molar-refractivity contribution < 1.29 is 19.0 Å². The van der Waals surface area contributed by atoms with E-state index in [2.05, 4.69) is 5.10 Å². The molecule has 0 aromatic carbocycles. The van der Waals surface area contributed by atoms with Crippen molar-refractivity contribution in [2.75, 3.05) is 19.8 Å². The number of epoxide rings is 1. The van der Waals surface area contributed by atoms with Gasteiger partial charge in [0.15, 0.2) is 5.69 Å². The lowest BCUT2D eigenvalue weighted by molar-refractivity contribution is 0.0517. The summed E-state index contributed by atoms with van der Waals surface area (Å²) in [4.78, 5) is 11.5. The van der Waals surface area contributed by atoms with Gasteiger partial charge in [0.1, 0.15) is 12.2 Å². The summed E-state index contributed by atoms with van der Waals surface area (Å²) in [6, 6.07) is 1.60. The summed E-state index contributed by atoms with van der Waals surface area (Å²) >= 11 is 0. The second kappa shape index (κ2) is 3.21. The molecule has 1 aromatic rings. The molecule has 1 unspecified atom stereocenters. The zero-order valence-electron chi connectivity index (χ0n) is 8.93. The van der Waals surface area contributed by atoms with Crippen molar-refractivity contribution in [3.05, 3.63) is 11.8 Å². The molecule has 1 saturated heterocycles. The van der Waals surface area contributed by atoms with Crippen molar-refractivity contribution >= 4 is 5.97 Å². The van der Waals surface area contributed by atoms with Crippen molar-refractivity contribution in [2.45, 2.75) is 19.1 Å². The second-order valence-electron chi connectivity index (χ2n) is 4.01. The van der Waals surface area contributed by atoms with Crippen LogP contribution in [-0.2, 0) is 16.0 Å². The lowest BCUT2D eigenvalue weighted by Gasteiger charge is -2.20. The molecule has 0 radical (unpaired) electrons. The largest absolute Gasteiger partial charge is 0.475 e. The van der Waals surface area contributed by atoms with E-state index in [1.807, 2.05) is 0 Å². The van der Waals surface area contributed by atoms with Crippen molar-refractivity contribution in [3.8, 4) is 5.88 Å². The van der Waals surface area contributed by atoms with Crippen LogP contribution in [0.3, 0.4) is 0 Å².